The first-order valence-corrected chi connectivity index (χ1v) is 8.82. The average Bonchev–Trinajstić information content (AvgIpc) is 2.46. The van der Waals surface area contributed by atoms with Gasteiger partial charge in [0.05, 0.1) is 12.6 Å². The lowest BCUT2D eigenvalue weighted by Gasteiger charge is -2.37. The Hall–Kier alpha value is -1.17. The molecule has 2 rings (SSSR count). The SMILES string of the molecule is Cc1ccc(/C=C/S(=O)(=O)N2CCCC(C)C2CO)cc1. The molecule has 1 aliphatic rings. The van der Waals surface area contributed by atoms with E-state index in [1.54, 1.807) is 6.08 Å². The summed E-state index contributed by atoms with van der Waals surface area (Å²) in [5.74, 6) is 0.186. The fraction of sp³-hybridized carbons (Fsp3) is 0.500. The molecule has 21 heavy (non-hydrogen) atoms. The molecule has 1 aromatic rings. The predicted molar refractivity (Wildman–Crippen MR) is 85.1 cm³/mol. The third-order valence-corrected chi connectivity index (χ3v) is 5.68. The van der Waals surface area contributed by atoms with Crippen molar-refractivity contribution in [1.82, 2.24) is 4.31 Å². The van der Waals surface area contributed by atoms with Gasteiger partial charge < -0.3 is 5.11 Å². The molecule has 116 valence electrons. The van der Waals surface area contributed by atoms with E-state index in [-0.39, 0.29) is 18.6 Å². The van der Waals surface area contributed by atoms with Gasteiger partial charge >= 0.3 is 0 Å². The lowest BCUT2D eigenvalue weighted by molar-refractivity contribution is 0.114. The van der Waals surface area contributed by atoms with Crippen LogP contribution in [0, 0.1) is 12.8 Å². The van der Waals surface area contributed by atoms with Gasteiger partial charge in [0.15, 0.2) is 0 Å². The molecule has 5 heteroatoms. The number of aryl methyl sites for hydroxylation is 1. The summed E-state index contributed by atoms with van der Waals surface area (Å²) in [6, 6.07) is 7.37. The van der Waals surface area contributed by atoms with E-state index in [4.69, 9.17) is 0 Å². The predicted octanol–water partition coefficient (Wildman–Crippen LogP) is 2.39. The number of hydrogen-bond acceptors (Lipinski definition) is 3. The van der Waals surface area contributed by atoms with Gasteiger partial charge in [-0.2, -0.15) is 4.31 Å². The van der Waals surface area contributed by atoms with Gasteiger partial charge in [-0.1, -0.05) is 36.8 Å². The maximum atomic E-state index is 12.5. The minimum absolute atomic E-state index is 0.126. The largest absolute Gasteiger partial charge is 0.395 e. The summed E-state index contributed by atoms with van der Waals surface area (Å²) in [7, 11) is -3.49. The van der Waals surface area contributed by atoms with Gasteiger partial charge in [0.25, 0.3) is 0 Å². The molecule has 1 heterocycles. The van der Waals surface area contributed by atoms with Crippen LogP contribution in [0.5, 0.6) is 0 Å². The Morgan fingerprint density at radius 3 is 2.62 bits per heavy atom. The van der Waals surface area contributed by atoms with E-state index in [0.29, 0.717) is 6.54 Å². The quantitative estimate of drug-likeness (QED) is 0.929. The average molecular weight is 309 g/mol. The minimum atomic E-state index is -3.49. The van der Waals surface area contributed by atoms with Crippen molar-refractivity contribution in [1.29, 1.82) is 0 Å². The lowest BCUT2D eigenvalue weighted by Crippen LogP contribution is -2.48. The minimum Gasteiger partial charge on any atom is -0.395 e. The number of piperidine rings is 1. The lowest BCUT2D eigenvalue weighted by atomic mass is 9.93. The maximum Gasteiger partial charge on any atom is 0.236 e. The second-order valence-corrected chi connectivity index (χ2v) is 7.51. The topological polar surface area (TPSA) is 57.6 Å². The van der Waals surface area contributed by atoms with E-state index in [2.05, 4.69) is 0 Å². The van der Waals surface area contributed by atoms with Crippen LogP contribution in [0.25, 0.3) is 6.08 Å². The number of sulfonamides is 1. The molecular formula is C16H23NO3S. The number of hydrogen-bond donors (Lipinski definition) is 1. The molecule has 1 saturated heterocycles. The molecule has 1 fully saturated rings. The molecule has 0 aliphatic carbocycles. The van der Waals surface area contributed by atoms with Crippen LogP contribution in [-0.2, 0) is 10.0 Å². The smallest absolute Gasteiger partial charge is 0.236 e. The van der Waals surface area contributed by atoms with Gasteiger partial charge in [0.1, 0.15) is 0 Å². The Balaban J connectivity index is 2.18. The van der Waals surface area contributed by atoms with Gasteiger partial charge in [0.2, 0.25) is 10.0 Å². The van der Waals surface area contributed by atoms with Crippen LogP contribution in [-0.4, -0.2) is 37.0 Å². The van der Waals surface area contributed by atoms with Crippen molar-refractivity contribution in [2.45, 2.75) is 32.7 Å². The number of aliphatic hydroxyl groups excluding tert-OH is 1. The summed E-state index contributed by atoms with van der Waals surface area (Å²) in [4.78, 5) is 0. The Morgan fingerprint density at radius 1 is 1.33 bits per heavy atom. The maximum absolute atomic E-state index is 12.5. The normalized spacial score (nSPS) is 24.5. The third kappa shape index (κ3) is 3.93. The first kappa shape index (κ1) is 16.2. The molecule has 0 saturated carbocycles. The van der Waals surface area contributed by atoms with E-state index < -0.39 is 10.0 Å². The number of nitrogens with zero attached hydrogens (tertiary/aromatic N) is 1. The van der Waals surface area contributed by atoms with Crippen molar-refractivity contribution in [3.05, 3.63) is 40.8 Å². The molecule has 4 nitrogen and oxygen atoms in total. The summed E-state index contributed by atoms with van der Waals surface area (Å²) in [5.41, 5.74) is 2.00. The van der Waals surface area contributed by atoms with E-state index in [1.807, 2.05) is 38.1 Å². The second kappa shape index (κ2) is 6.73. The molecule has 0 radical (unpaired) electrons. The molecular weight excluding hydrogens is 286 g/mol. The zero-order valence-electron chi connectivity index (χ0n) is 12.6. The zero-order chi connectivity index (χ0) is 15.5. The van der Waals surface area contributed by atoms with Crippen molar-refractivity contribution in [3.8, 4) is 0 Å². The highest BCUT2D eigenvalue weighted by Gasteiger charge is 2.34. The molecule has 0 amide bonds. The molecule has 0 spiro atoms. The summed E-state index contributed by atoms with van der Waals surface area (Å²) < 4.78 is 26.4. The summed E-state index contributed by atoms with van der Waals surface area (Å²) >= 11 is 0. The highest BCUT2D eigenvalue weighted by Crippen LogP contribution is 2.26. The van der Waals surface area contributed by atoms with Crippen LogP contribution >= 0.6 is 0 Å². The molecule has 0 aromatic heterocycles. The van der Waals surface area contributed by atoms with Crippen molar-refractivity contribution in [3.63, 3.8) is 0 Å². The van der Waals surface area contributed by atoms with E-state index in [0.717, 1.165) is 24.0 Å². The summed E-state index contributed by atoms with van der Waals surface area (Å²) in [6.07, 6.45) is 3.41. The molecule has 1 aromatic carbocycles. The third-order valence-electron chi connectivity index (χ3n) is 4.09. The Labute approximate surface area is 127 Å². The van der Waals surface area contributed by atoms with Crippen molar-refractivity contribution in [2.24, 2.45) is 5.92 Å². The molecule has 1 aliphatic heterocycles. The summed E-state index contributed by atoms with van der Waals surface area (Å²) in [5, 5.41) is 10.7. The first-order chi connectivity index (χ1) is 9.94. The molecule has 1 N–H and O–H groups in total. The van der Waals surface area contributed by atoms with Crippen LogP contribution in [0.4, 0.5) is 0 Å². The van der Waals surface area contributed by atoms with Crippen LogP contribution in [0.15, 0.2) is 29.7 Å². The van der Waals surface area contributed by atoms with Crippen LogP contribution < -0.4 is 0 Å². The van der Waals surface area contributed by atoms with Gasteiger partial charge in [0, 0.05) is 12.0 Å². The van der Waals surface area contributed by atoms with E-state index in [9.17, 15) is 13.5 Å². The van der Waals surface area contributed by atoms with Gasteiger partial charge in [-0.3, -0.25) is 0 Å². The fourth-order valence-corrected chi connectivity index (χ4v) is 4.24. The number of aliphatic hydroxyl groups is 1. The van der Waals surface area contributed by atoms with Gasteiger partial charge in [-0.05, 0) is 37.3 Å². The first-order valence-electron chi connectivity index (χ1n) is 7.31. The fourth-order valence-electron chi connectivity index (χ4n) is 2.72. The van der Waals surface area contributed by atoms with Gasteiger partial charge in [-0.25, -0.2) is 8.42 Å². The zero-order valence-corrected chi connectivity index (χ0v) is 13.4. The Morgan fingerprint density at radius 2 is 2.00 bits per heavy atom. The van der Waals surface area contributed by atoms with Gasteiger partial charge in [-0.15, -0.1) is 0 Å². The number of benzene rings is 1. The molecule has 2 atom stereocenters. The highest BCUT2D eigenvalue weighted by molar-refractivity contribution is 7.92. The van der Waals surface area contributed by atoms with Crippen LogP contribution in [0.2, 0.25) is 0 Å². The highest BCUT2D eigenvalue weighted by atomic mass is 32.2. The molecule has 0 bridgehead atoms. The molecule has 2 unspecified atom stereocenters. The van der Waals surface area contributed by atoms with Crippen molar-refractivity contribution in [2.75, 3.05) is 13.2 Å². The van der Waals surface area contributed by atoms with Crippen LogP contribution in [0.3, 0.4) is 0 Å². The summed E-state index contributed by atoms with van der Waals surface area (Å²) in [6.45, 7) is 4.34. The van der Waals surface area contributed by atoms with E-state index in [1.165, 1.54) is 9.71 Å². The van der Waals surface area contributed by atoms with Crippen molar-refractivity contribution < 1.29 is 13.5 Å². The van der Waals surface area contributed by atoms with Crippen LogP contribution in [0.1, 0.15) is 30.9 Å². The Kier molecular flexibility index (Phi) is 5.19. The number of rotatable bonds is 4. The monoisotopic (exact) mass is 309 g/mol. The van der Waals surface area contributed by atoms with Crippen molar-refractivity contribution >= 4 is 16.1 Å². The van der Waals surface area contributed by atoms with E-state index >= 15 is 0 Å². The Bertz CT molecular complexity index is 592. The standard InChI is InChI=1S/C16H23NO3S/c1-13-5-7-15(8-6-13)9-11-21(19,20)17-10-3-4-14(2)16(17)12-18/h5-9,11,14,16,18H,3-4,10,12H2,1-2H3/b11-9+. The second-order valence-electron chi connectivity index (χ2n) is 5.74.